The summed E-state index contributed by atoms with van der Waals surface area (Å²) in [6, 6.07) is 2.95. The summed E-state index contributed by atoms with van der Waals surface area (Å²) in [5, 5.41) is 16.7. The average Bonchev–Trinajstić information content (AvgIpc) is 2.87. The van der Waals surface area contributed by atoms with Crippen molar-refractivity contribution in [3.63, 3.8) is 0 Å². The van der Waals surface area contributed by atoms with Crippen LogP contribution in [0.4, 0.5) is 0 Å². The summed E-state index contributed by atoms with van der Waals surface area (Å²) in [4.78, 5) is 24.7. The minimum Gasteiger partial charge on any atom is -0.507 e. The number of phenolic OH excluding ortho intramolecular Hbond substituents is 1. The van der Waals surface area contributed by atoms with Gasteiger partial charge in [-0.3, -0.25) is 9.59 Å². The Labute approximate surface area is 136 Å². The number of rotatable bonds is 2. The predicted octanol–water partition coefficient (Wildman–Crippen LogP) is 2.00. The SMILES string of the molecule is NN=CNC(=O)c1cc2c(Cl)cc(O)c3c2n1CCCCC3=O. The van der Waals surface area contributed by atoms with Crippen LogP contribution in [0.5, 0.6) is 5.75 Å². The zero-order valence-electron chi connectivity index (χ0n) is 12.2. The summed E-state index contributed by atoms with van der Waals surface area (Å²) >= 11 is 6.19. The molecule has 2 heterocycles. The molecule has 0 atom stereocenters. The van der Waals surface area contributed by atoms with Gasteiger partial charge in [-0.15, -0.1) is 0 Å². The molecule has 3 rings (SSSR count). The molecule has 23 heavy (non-hydrogen) atoms. The topological polar surface area (TPSA) is 110 Å². The van der Waals surface area contributed by atoms with E-state index in [1.165, 1.54) is 6.07 Å². The van der Waals surface area contributed by atoms with Crippen LogP contribution < -0.4 is 11.2 Å². The molecule has 7 nitrogen and oxygen atoms in total. The van der Waals surface area contributed by atoms with Crippen LogP contribution in [0, 0.1) is 0 Å². The Bertz CT molecular complexity index is 841. The van der Waals surface area contributed by atoms with Crippen molar-refractivity contribution in [2.75, 3.05) is 0 Å². The second-order valence-corrected chi connectivity index (χ2v) is 5.74. The van der Waals surface area contributed by atoms with Crippen molar-refractivity contribution >= 4 is 40.5 Å². The first-order valence-corrected chi connectivity index (χ1v) is 7.53. The van der Waals surface area contributed by atoms with Crippen molar-refractivity contribution in [2.45, 2.75) is 25.8 Å². The molecule has 8 heteroatoms. The third kappa shape index (κ3) is 2.53. The van der Waals surface area contributed by atoms with Gasteiger partial charge < -0.3 is 20.8 Å². The van der Waals surface area contributed by atoms with E-state index in [0.29, 0.717) is 36.0 Å². The van der Waals surface area contributed by atoms with Crippen molar-refractivity contribution in [2.24, 2.45) is 10.9 Å². The fraction of sp³-hybridized carbons (Fsp3) is 0.267. The van der Waals surface area contributed by atoms with E-state index in [1.54, 1.807) is 10.6 Å². The predicted molar refractivity (Wildman–Crippen MR) is 86.9 cm³/mol. The van der Waals surface area contributed by atoms with Crippen molar-refractivity contribution in [1.29, 1.82) is 0 Å². The van der Waals surface area contributed by atoms with E-state index in [4.69, 9.17) is 17.4 Å². The number of aromatic nitrogens is 1. The largest absolute Gasteiger partial charge is 0.507 e. The molecule has 0 unspecified atom stereocenters. The standard InChI is InChI=1S/C15H15ClN4O3/c16-9-6-12(22)13-11(21)3-1-2-4-20-10(5-8(9)14(13)20)15(23)18-7-19-17/h5-7,22H,1-4,17H2,(H,18,19,23). The highest BCUT2D eigenvalue weighted by Crippen LogP contribution is 2.37. The second-order valence-electron chi connectivity index (χ2n) is 5.33. The summed E-state index contributed by atoms with van der Waals surface area (Å²) < 4.78 is 1.72. The van der Waals surface area contributed by atoms with Gasteiger partial charge >= 0.3 is 0 Å². The number of phenols is 1. The van der Waals surface area contributed by atoms with Crippen LogP contribution in [0.3, 0.4) is 0 Å². The molecule has 2 aromatic rings. The van der Waals surface area contributed by atoms with Gasteiger partial charge in [-0.2, -0.15) is 5.10 Å². The van der Waals surface area contributed by atoms with Crippen LogP contribution in [0.2, 0.25) is 5.02 Å². The van der Waals surface area contributed by atoms with E-state index in [9.17, 15) is 14.7 Å². The van der Waals surface area contributed by atoms with Gasteiger partial charge in [0, 0.05) is 24.4 Å². The van der Waals surface area contributed by atoms with E-state index < -0.39 is 5.91 Å². The monoisotopic (exact) mass is 334 g/mol. The maximum atomic E-state index is 12.4. The number of nitrogens with one attached hydrogen (secondary N) is 1. The molecule has 120 valence electrons. The number of ketones is 1. The van der Waals surface area contributed by atoms with Crippen LogP contribution in [-0.2, 0) is 6.54 Å². The van der Waals surface area contributed by atoms with Crippen LogP contribution in [0.1, 0.15) is 40.1 Å². The maximum absolute atomic E-state index is 12.4. The van der Waals surface area contributed by atoms with Crippen LogP contribution in [-0.4, -0.2) is 27.7 Å². The van der Waals surface area contributed by atoms with Gasteiger partial charge in [0.15, 0.2) is 5.78 Å². The van der Waals surface area contributed by atoms with Gasteiger partial charge in [0.2, 0.25) is 0 Å². The van der Waals surface area contributed by atoms with Gasteiger partial charge in [0.25, 0.3) is 5.91 Å². The maximum Gasteiger partial charge on any atom is 0.273 e. The quantitative estimate of drug-likeness (QED) is 0.337. The highest BCUT2D eigenvalue weighted by molar-refractivity contribution is 6.36. The number of benzene rings is 1. The molecular weight excluding hydrogens is 320 g/mol. The lowest BCUT2D eigenvalue weighted by molar-refractivity contribution is 0.0957. The van der Waals surface area contributed by atoms with Gasteiger partial charge in [-0.25, -0.2) is 0 Å². The summed E-state index contributed by atoms with van der Waals surface area (Å²) in [5.74, 6) is 4.26. The molecule has 1 amide bonds. The van der Waals surface area contributed by atoms with Crippen LogP contribution in [0.15, 0.2) is 17.2 Å². The van der Waals surface area contributed by atoms with Crippen molar-refractivity contribution in [3.05, 3.63) is 28.4 Å². The van der Waals surface area contributed by atoms with Crippen molar-refractivity contribution in [3.8, 4) is 5.75 Å². The molecule has 0 fully saturated rings. The first kappa shape index (κ1) is 15.4. The van der Waals surface area contributed by atoms with Crippen LogP contribution >= 0.6 is 11.6 Å². The summed E-state index contributed by atoms with van der Waals surface area (Å²) in [6.45, 7) is 0.548. The first-order valence-electron chi connectivity index (χ1n) is 7.15. The fourth-order valence-corrected chi connectivity index (χ4v) is 3.18. The Morgan fingerprint density at radius 3 is 2.96 bits per heavy atom. The number of carbonyl (C=O) groups excluding carboxylic acids is 2. The van der Waals surface area contributed by atoms with Crippen molar-refractivity contribution in [1.82, 2.24) is 9.88 Å². The zero-order valence-corrected chi connectivity index (χ0v) is 12.9. The number of aromatic hydroxyl groups is 1. The molecule has 1 aliphatic rings. The van der Waals surface area contributed by atoms with Gasteiger partial charge in [0.1, 0.15) is 17.8 Å². The number of hydrogen-bond donors (Lipinski definition) is 3. The number of amides is 1. The third-order valence-electron chi connectivity index (χ3n) is 3.93. The van der Waals surface area contributed by atoms with E-state index in [2.05, 4.69) is 10.4 Å². The summed E-state index contributed by atoms with van der Waals surface area (Å²) in [7, 11) is 0. The average molecular weight is 335 g/mol. The number of Topliss-reactive ketones (excluding diaryl/α,β-unsaturated/α-hetero) is 1. The Morgan fingerprint density at radius 2 is 2.22 bits per heavy atom. The molecule has 1 aromatic heterocycles. The Kier molecular flexibility index (Phi) is 3.96. The summed E-state index contributed by atoms with van der Waals surface area (Å²) in [5.41, 5.74) is 1.05. The molecule has 0 bridgehead atoms. The van der Waals surface area contributed by atoms with E-state index in [-0.39, 0.29) is 22.1 Å². The molecule has 4 N–H and O–H groups in total. The lowest BCUT2D eigenvalue weighted by Crippen LogP contribution is -2.25. The minimum atomic E-state index is -0.412. The zero-order chi connectivity index (χ0) is 16.6. The number of hydrazone groups is 1. The molecule has 0 aliphatic carbocycles. The van der Waals surface area contributed by atoms with Gasteiger partial charge in [-0.05, 0) is 18.9 Å². The number of carbonyl (C=O) groups is 2. The lowest BCUT2D eigenvalue weighted by atomic mass is 10.00. The number of hydrogen-bond acceptors (Lipinski definition) is 5. The Hall–Kier alpha value is -2.54. The normalized spacial score (nSPS) is 14.9. The number of nitrogens with zero attached hydrogens (tertiary/aromatic N) is 2. The third-order valence-corrected chi connectivity index (χ3v) is 4.24. The lowest BCUT2D eigenvalue weighted by Gasteiger charge is -2.16. The fourth-order valence-electron chi connectivity index (χ4n) is 2.94. The summed E-state index contributed by atoms with van der Waals surface area (Å²) in [6.07, 6.45) is 2.87. The smallest absolute Gasteiger partial charge is 0.273 e. The molecule has 1 aliphatic heterocycles. The Balaban J connectivity index is 2.31. The molecule has 0 saturated heterocycles. The molecule has 1 aromatic carbocycles. The molecule has 0 spiro atoms. The first-order chi connectivity index (χ1) is 11.0. The van der Waals surface area contributed by atoms with E-state index in [1.807, 2.05) is 0 Å². The highest BCUT2D eigenvalue weighted by Gasteiger charge is 2.26. The number of aryl methyl sites for hydroxylation is 1. The molecule has 0 radical (unpaired) electrons. The van der Waals surface area contributed by atoms with E-state index >= 15 is 0 Å². The Morgan fingerprint density at radius 1 is 1.43 bits per heavy atom. The second kappa shape index (κ2) is 5.92. The minimum absolute atomic E-state index is 0.154. The van der Waals surface area contributed by atoms with Crippen molar-refractivity contribution < 1.29 is 14.7 Å². The van der Waals surface area contributed by atoms with E-state index in [0.717, 1.165) is 12.8 Å². The van der Waals surface area contributed by atoms with Crippen LogP contribution in [0.25, 0.3) is 10.9 Å². The van der Waals surface area contributed by atoms with Gasteiger partial charge in [0.05, 0.1) is 16.1 Å². The number of halogens is 1. The van der Waals surface area contributed by atoms with Gasteiger partial charge in [-0.1, -0.05) is 11.6 Å². The molecular formula is C15H15ClN4O3. The highest BCUT2D eigenvalue weighted by atomic mass is 35.5. The number of nitrogens with two attached hydrogens (primary N) is 1. The molecule has 0 saturated carbocycles.